The van der Waals surface area contributed by atoms with Crippen LogP contribution in [0, 0.1) is 0 Å². The largest absolute Gasteiger partial charge is 0.299 e. The van der Waals surface area contributed by atoms with Crippen LogP contribution in [0.5, 0.6) is 0 Å². The summed E-state index contributed by atoms with van der Waals surface area (Å²) in [5.41, 5.74) is 3.35. The predicted molar refractivity (Wildman–Crippen MR) is 79.7 cm³/mol. The molecular formula is C17H17ClO. The highest BCUT2D eigenvalue weighted by atomic mass is 35.5. The van der Waals surface area contributed by atoms with Crippen molar-refractivity contribution in [1.29, 1.82) is 0 Å². The van der Waals surface area contributed by atoms with E-state index >= 15 is 0 Å². The van der Waals surface area contributed by atoms with Gasteiger partial charge in [-0.25, -0.2) is 0 Å². The summed E-state index contributed by atoms with van der Waals surface area (Å²) in [5.74, 6) is 0.214. The van der Waals surface area contributed by atoms with E-state index in [2.05, 4.69) is 19.1 Å². The van der Waals surface area contributed by atoms with Gasteiger partial charge in [0, 0.05) is 17.9 Å². The molecule has 0 spiro atoms. The van der Waals surface area contributed by atoms with Gasteiger partial charge in [0.15, 0.2) is 0 Å². The summed E-state index contributed by atoms with van der Waals surface area (Å²) in [5, 5.41) is 0.678. The number of rotatable bonds is 5. The van der Waals surface area contributed by atoms with Crippen LogP contribution in [-0.4, -0.2) is 5.78 Å². The molecule has 0 fully saturated rings. The number of benzene rings is 2. The lowest BCUT2D eigenvalue weighted by Crippen LogP contribution is -2.06. The molecule has 2 rings (SSSR count). The van der Waals surface area contributed by atoms with E-state index in [9.17, 15) is 4.79 Å². The first-order chi connectivity index (χ1) is 9.17. The lowest BCUT2D eigenvalue weighted by atomic mass is 10.0. The summed E-state index contributed by atoms with van der Waals surface area (Å²) < 4.78 is 0. The Kier molecular flexibility index (Phi) is 4.75. The van der Waals surface area contributed by atoms with Crippen LogP contribution in [0.15, 0.2) is 48.5 Å². The van der Waals surface area contributed by atoms with Gasteiger partial charge < -0.3 is 0 Å². The van der Waals surface area contributed by atoms with E-state index in [1.54, 1.807) is 0 Å². The van der Waals surface area contributed by atoms with Gasteiger partial charge in [0.05, 0.1) is 0 Å². The van der Waals surface area contributed by atoms with E-state index in [1.807, 2.05) is 36.4 Å². The normalized spacial score (nSPS) is 10.4. The van der Waals surface area contributed by atoms with E-state index in [4.69, 9.17) is 11.6 Å². The average Bonchev–Trinajstić information content (AvgIpc) is 2.39. The summed E-state index contributed by atoms with van der Waals surface area (Å²) in [6.07, 6.45) is 1.95. The molecular weight excluding hydrogens is 256 g/mol. The Morgan fingerprint density at radius 2 is 1.58 bits per heavy atom. The van der Waals surface area contributed by atoms with E-state index in [0.29, 0.717) is 17.9 Å². The Hall–Kier alpha value is -1.60. The number of carbonyl (C=O) groups excluding carboxylic acids is 1. The Morgan fingerprint density at radius 3 is 2.21 bits per heavy atom. The van der Waals surface area contributed by atoms with Crippen molar-refractivity contribution in [2.24, 2.45) is 0 Å². The van der Waals surface area contributed by atoms with Gasteiger partial charge in [0.1, 0.15) is 5.78 Å². The third-order valence-corrected chi connectivity index (χ3v) is 3.36. The van der Waals surface area contributed by atoms with Gasteiger partial charge in [-0.2, -0.15) is 0 Å². The number of aryl methyl sites for hydroxylation is 1. The summed E-state index contributed by atoms with van der Waals surface area (Å²) >= 11 is 5.91. The van der Waals surface area contributed by atoms with Crippen molar-refractivity contribution < 1.29 is 4.79 Å². The van der Waals surface area contributed by atoms with Crippen molar-refractivity contribution >= 4 is 17.4 Å². The van der Waals surface area contributed by atoms with Gasteiger partial charge in [-0.05, 0) is 35.2 Å². The summed E-state index contributed by atoms with van der Waals surface area (Å²) in [4.78, 5) is 12.0. The molecule has 2 aromatic carbocycles. The zero-order valence-corrected chi connectivity index (χ0v) is 11.8. The highest BCUT2D eigenvalue weighted by molar-refractivity contribution is 6.30. The van der Waals surface area contributed by atoms with Crippen LogP contribution in [0.25, 0.3) is 0 Å². The highest BCUT2D eigenvalue weighted by Crippen LogP contribution is 2.13. The minimum atomic E-state index is 0.214. The van der Waals surface area contributed by atoms with E-state index < -0.39 is 0 Å². The molecule has 98 valence electrons. The Bertz CT molecular complexity index is 558. The zero-order chi connectivity index (χ0) is 13.7. The van der Waals surface area contributed by atoms with Crippen LogP contribution in [0.1, 0.15) is 23.6 Å². The monoisotopic (exact) mass is 272 g/mol. The topological polar surface area (TPSA) is 17.1 Å². The molecule has 0 aliphatic rings. The van der Waals surface area contributed by atoms with E-state index in [0.717, 1.165) is 17.5 Å². The zero-order valence-electron chi connectivity index (χ0n) is 11.0. The number of carbonyl (C=O) groups is 1. The third kappa shape index (κ3) is 4.22. The molecule has 0 atom stereocenters. The number of Topliss-reactive ketones (excluding diaryl/α,β-unsaturated/α-hetero) is 1. The number of halogens is 1. The van der Waals surface area contributed by atoms with E-state index in [-0.39, 0.29) is 5.78 Å². The van der Waals surface area contributed by atoms with Crippen LogP contribution >= 0.6 is 11.6 Å². The SMILES string of the molecule is CCc1ccc(CC(=O)Cc2cccc(Cl)c2)cc1. The summed E-state index contributed by atoms with van der Waals surface area (Å²) in [6.45, 7) is 2.12. The molecule has 0 amide bonds. The molecule has 0 unspecified atom stereocenters. The molecule has 0 aliphatic carbocycles. The lowest BCUT2D eigenvalue weighted by molar-refractivity contribution is -0.117. The van der Waals surface area contributed by atoms with Crippen LogP contribution in [0.2, 0.25) is 5.02 Å². The minimum absolute atomic E-state index is 0.214. The van der Waals surface area contributed by atoms with Crippen LogP contribution < -0.4 is 0 Å². The fourth-order valence-corrected chi connectivity index (χ4v) is 2.27. The fourth-order valence-electron chi connectivity index (χ4n) is 2.06. The molecule has 0 aromatic heterocycles. The van der Waals surface area contributed by atoms with Crippen molar-refractivity contribution in [2.75, 3.05) is 0 Å². The first-order valence-electron chi connectivity index (χ1n) is 6.51. The van der Waals surface area contributed by atoms with Gasteiger partial charge in [-0.3, -0.25) is 4.79 Å². The quantitative estimate of drug-likeness (QED) is 0.795. The maximum atomic E-state index is 12.0. The van der Waals surface area contributed by atoms with Gasteiger partial charge in [0.2, 0.25) is 0 Å². The highest BCUT2D eigenvalue weighted by Gasteiger charge is 2.05. The van der Waals surface area contributed by atoms with Gasteiger partial charge >= 0.3 is 0 Å². The molecule has 0 saturated carbocycles. The second kappa shape index (κ2) is 6.53. The molecule has 0 N–H and O–H groups in total. The smallest absolute Gasteiger partial charge is 0.141 e. The molecule has 0 radical (unpaired) electrons. The average molecular weight is 273 g/mol. The van der Waals surface area contributed by atoms with Crippen molar-refractivity contribution in [3.05, 3.63) is 70.2 Å². The van der Waals surface area contributed by atoms with Crippen LogP contribution in [-0.2, 0) is 24.1 Å². The molecule has 2 heteroatoms. The molecule has 0 saturated heterocycles. The molecule has 0 bridgehead atoms. The van der Waals surface area contributed by atoms with Crippen molar-refractivity contribution in [2.45, 2.75) is 26.2 Å². The molecule has 0 aliphatic heterocycles. The van der Waals surface area contributed by atoms with Crippen molar-refractivity contribution in [1.82, 2.24) is 0 Å². The molecule has 19 heavy (non-hydrogen) atoms. The van der Waals surface area contributed by atoms with Crippen LogP contribution in [0.3, 0.4) is 0 Å². The predicted octanol–water partition coefficient (Wildman–Crippen LogP) is 4.26. The number of hydrogen-bond donors (Lipinski definition) is 0. The third-order valence-electron chi connectivity index (χ3n) is 3.12. The molecule has 1 nitrogen and oxygen atoms in total. The van der Waals surface area contributed by atoms with E-state index in [1.165, 1.54) is 5.56 Å². The molecule has 2 aromatic rings. The van der Waals surface area contributed by atoms with Gasteiger partial charge in [-0.1, -0.05) is 54.9 Å². The fraction of sp³-hybridized carbons (Fsp3) is 0.235. The lowest BCUT2D eigenvalue weighted by Gasteiger charge is -2.04. The second-order valence-electron chi connectivity index (χ2n) is 4.69. The first-order valence-corrected chi connectivity index (χ1v) is 6.89. The standard InChI is InChI=1S/C17H17ClO/c1-2-13-6-8-14(9-7-13)11-17(19)12-15-4-3-5-16(18)10-15/h3-10H,2,11-12H2,1H3. The second-order valence-corrected chi connectivity index (χ2v) is 5.13. The van der Waals surface area contributed by atoms with Crippen molar-refractivity contribution in [3.8, 4) is 0 Å². The maximum absolute atomic E-state index is 12.0. The Balaban J connectivity index is 1.97. The first kappa shape index (κ1) is 13.8. The maximum Gasteiger partial charge on any atom is 0.141 e. The van der Waals surface area contributed by atoms with Crippen LogP contribution in [0.4, 0.5) is 0 Å². The van der Waals surface area contributed by atoms with Gasteiger partial charge in [0.25, 0.3) is 0 Å². The Labute approximate surface area is 119 Å². The Morgan fingerprint density at radius 1 is 0.947 bits per heavy atom. The minimum Gasteiger partial charge on any atom is -0.299 e. The number of hydrogen-bond acceptors (Lipinski definition) is 1. The number of ketones is 1. The molecule has 0 heterocycles. The van der Waals surface area contributed by atoms with Crippen molar-refractivity contribution in [3.63, 3.8) is 0 Å². The summed E-state index contributed by atoms with van der Waals surface area (Å²) in [6, 6.07) is 15.7. The summed E-state index contributed by atoms with van der Waals surface area (Å²) in [7, 11) is 0. The van der Waals surface area contributed by atoms with Gasteiger partial charge in [-0.15, -0.1) is 0 Å².